The van der Waals surface area contributed by atoms with Gasteiger partial charge in [0.15, 0.2) is 6.10 Å². The highest BCUT2D eigenvalue weighted by Crippen LogP contribution is 2.43. The Morgan fingerprint density at radius 3 is 1.18 bits per heavy atom. The van der Waals surface area contributed by atoms with Gasteiger partial charge in [0, 0.05) is 12.8 Å². The molecule has 11 nitrogen and oxygen atoms in total. The molecule has 0 radical (unpaired) electrons. The molecule has 0 fully saturated rings. The second-order valence-electron chi connectivity index (χ2n) is 17.7. The molecule has 4 N–H and O–H groups in total. The van der Waals surface area contributed by atoms with Crippen LogP contribution in [0, 0.1) is 0 Å². The van der Waals surface area contributed by atoms with Crippen LogP contribution >= 0.6 is 7.82 Å². The molecule has 0 aromatic carbocycles. The Kier molecular flexibility index (Phi) is 44.5. The summed E-state index contributed by atoms with van der Waals surface area (Å²) < 4.78 is 32.9. The minimum Gasteiger partial charge on any atom is -0.480 e. The number of allylic oxidation sites excluding steroid dienone is 2. The van der Waals surface area contributed by atoms with Gasteiger partial charge < -0.3 is 25.2 Å². The summed E-state index contributed by atoms with van der Waals surface area (Å²) in [6.45, 7) is 2.85. The Bertz CT molecular complexity index is 1110. The van der Waals surface area contributed by atoms with Gasteiger partial charge in [0.2, 0.25) is 0 Å². The Balaban J connectivity index is 4.21. The van der Waals surface area contributed by atoms with E-state index in [0.717, 1.165) is 44.9 Å². The molecule has 0 aromatic rings. The summed E-state index contributed by atoms with van der Waals surface area (Å²) in [5.74, 6) is -2.36. The standard InChI is InChI=1S/C50H96NO10P/c1-3-5-7-9-11-13-15-17-19-21-23-24-26-27-29-31-33-35-37-39-41-48(52)58-43-46(44-59-62(56,57)60-45-47(51)50(54)55)61-49(53)42-40-38-36-34-32-30-28-25-22-20-18-16-14-12-10-8-6-4-2/h20,22,46-47H,3-19,21,23-45,51H2,1-2H3,(H,54,55)(H,56,57)/b22-20-. The SMILES string of the molecule is CCCCCCCCC/C=C\CCCCCCCCCC(=O)OC(COC(=O)CCCCCCCCCCCCCCCCCCCCCC)COP(=O)(O)OCC(N)C(=O)O. The molecule has 0 heterocycles. The molecule has 3 atom stereocenters. The van der Waals surface area contributed by atoms with E-state index in [1.165, 1.54) is 173 Å². The zero-order valence-corrected chi connectivity index (χ0v) is 40.9. The van der Waals surface area contributed by atoms with E-state index in [0.29, 0.717) is 12.8 Å². The number of hydrogen-bond donors (Lipinski definition) is 3. The summed E-state index contributed by atoms with van der Waals surface area (Å²) in [5, 5.41) is 8.92. The van der Waals surface area contributed by atoms with Crippen LogP contribution in [0.25, 0.3) is 0 Å². The van der Waals surface area contributed by atoms with Gasteiger partial charge in [0.25, 0.3) is 0 Å². The molecule has 0 saturated carbocycles. The van der Waals surface area contributed by atoms with Crippen molar-refractivity contribution in [1.29, 1.82) is 0 Å². The number of phosphoric ester groups is 1. The fourth-order valence-electron chi connectivity index (χ4n) is 7.47. The molecule has 12 heteroatoms. The van der Waals surface area contributed by atoms with E-state index < -0.39 is 51.1 Å². The molecule has 0 aliphatic rings. The molecule has 0 amide bonds. The number of carboxylic acids is 1. The van der Waals surface area contributed by atoms with Crippen LogP contribution < -0.4 is 5.73 Å². The van der Waals surface area contributed by atoms with Crippen molar-refractivity contribution in [2.24, 2.45) is 5.73 Å². The number of esters is 2. The number of nitrogens with two attached hydrogens (primary N) is 1. The van der Waals surface area contributed by atoms with Crippen LogP contribution in [-0.4, -0.2) is 59.9 Å². The van der Waals surface area contributed by atoms with E-state index in [-0.39, 0.29) is 19.4 Å². The monoisotopic (exact) mass is 902 g/mol. The lowest BCUT2D eigenvalue weighted by Gasteiger charge is -2.20. The topological polar surface area (TPSA) is 172 Å². The molecule has 366 valence electrons. The van der Waals surface area contributed by atoms with Crippen LogP contribution in [0.15, 0.2) is 12.2 Å². The smallest absolute Gasteiger partial charge is 0.472 e. The fourth-order valence-corrected chi connectivity index (χ4v) is 8.25. The number of unbranched alkanes of at least 4 members (excludes halogenated alkanes) is 33. The maximum absolute atomic E-state index is 12.7. The Morgan fingerprint density at radius 1 is 0.484 bits per heavy atom. The number of rotatable bonds is 49. The van der Waals surface area contributed by atoms with E-state index in [4.69, 9.17) is 24.8 Å². The molecule has 0 aliphatic heterocycles. The molecule has 0 spiro atoms. The average Bonchev–Trinajstić information content (AvgIpc) is 3.25. The third-order valence-electron chi connectivity index (χ3n) is 11.5. The largest absolute Gasteiger partial charge is 0.480 e. The van der Waals surface area contributed by atoms with Crippen molar-refractivity contribution < 1.29 is 47.5 Å². The maximum Gasteiger partial charge on any atom is 0.472 e. The van der Waals surface area contributed by atoms with E-state index >= 15 is 0 Å². The number of carboxylic acid groups (broad SMARTS) is 1. The normalized spacial score (nSPS) is 13.6. The van der Waals surface area contributed by atoms with E-state index in [2.05, 4.69) is 30.5 Å². The first kappa shape index (κ1) is 60.2. The molecule has 3 unspecified atom stereocenters. The van der Waals surface area contributed by atoms with Crippen molar-refractivity contribution >= 4 is 25.7 Å². The third kappa shape index (κ3) is 44.8. The van der Waals surface area contributed by atoms with Gasteiger partial charge in [-0.1, -0.05) is 219 Å². The molecule has 0 rings (SSSR count). The van der Waals surface area contributed by atoms with Crippen molar-refractivity contribution in [1.82, 2.24) is 0 Å². The molecule has 0 aliphatic carbocycles. The lowest BCUT2D eigenvalue weighted by molar-refractivity contribution is -0.161. The van der Waals surface area contributed by atoms with Crippen LogP contribution in [-0.2, 0) is 37.5 Å². The number of ether oxygens (including phenoxy) is 2. The van der Waals surface area contributed by atoms with Gasteiger partial charge in [0.05, 0.1) is 13.2 Å². The second kappa shape index (κ2) is 45.8. The van der Waals surface area contributed by atoms with Crippen LogP contribution in [0.4, 0.5) is 0 Å². The van der Waals surface area contributed by atoms with Gasteiger partial charge in [-0.15, -0.1) is 0 Å². The quantitative estimate of drug-likeness (QED) is 0.0230. The maximum atomic E-state index is 12.7. The predicted octanol–water partition coefficient (Wildman–Crippen LogP) is 14.4. The van der Waals surface area contributed by atoms with Crippen molar-refractivity contribution in [2.75, 3.05) is 19.8 Å². The summed E-state index contributed by atoms with van der Waals surface area (Å²) in [6, 6.07) is -1.52. The Labute approximate surface area is 379 Å². The van der Waals surface area contributed by atoms with Crippen LogP contribution in [0.2, 0.25) is 0 Å². The first-order valence-corrected chi connectivity index (χ1v) is 27.2. The minimum absolute atomic E-state index is 0.161. The summed E-state index contributed by atoms with van der Waals surface area (Å²) in [4.78, 5) is 46.2. The molecule has 62 heavy (non-hydrogen) atoms. The second-order valence-corrected chi connectivity index (χ2v) is 19.1. The Hall–Kier alpha value is -1.78. The lowest BCUT2D eigenvalue weighted by Crippen LogP contribution is -2.34. The molecule has 0 bridgehead atoms. The van der Waals surface area contributed by atoms with E-state index in [9.17, 15) is 23.8 Å². The van der Waals surface area contributed by atoms with Crippen LogP contribution in [0.5, 0.6) is 0 Å². The van der Waals surface area contributed by atoms with Gasteiger partial charge >= 0.3 is 25.7 Å². The molecule has 0 saturated heterocycles. The summed E-state index contributed by atoms with van der Waals surface area (Å²) in [6.07, 6.45) is 48.4. The Morgan fingerprint density at radius 2 is 0.806 bits per heavy atom. The summed E-state index contributed by atoms with van der Waals surface area (Å²) in [5.41, 5.74) is 5.35. The number of carbonyl (C=O) groups is 3. The van der Waals surface area contributed by atoms with Crippen molar-refractivity contribution in [3.8, 4) is 0 Å². The highest BCUT2D eigenvalue weighted by atomic mass is 31.2. The number of carbonyl (C=O) groups excluding carboxylic acids is 2. The zero-order valence-electron chi connectivity index (χ0n) is 40.0. The van der Waals surface area contributed by atoms with Crippen molar-refractivity contribution in [3.63, 3.8) is 0 Å². The van der Waals surface area contributed by atoms with Crippen LogP contribution in [0.3, 0.4) is 0 Å². The predicted molar refractivity (Wildman–Crippen MR) is 254 cm³/mol. The number of aliphatic carboxylic acids is 1. The average molecular weight is 902 g/mol. The van der Waals surface area contributed by atoms with Gasteiger partial charge in [0.1, 0.15) is 12.6 Å². The van der Waals surface area contributed by atoms with Crippen molar-refractivity contribution in [3.05, 3.63) is 12.2 Å². The number of hydrogen-bond acceptors (Lipinski definition) is 9. The van der Waals surface area contributed by atoms with E-state index in [1.807, 2.05) is 0 Å². The molecule has 0 aromatic heterocycles. The summed E-state index contributed by atoms with van der Waals surface area (Å²) >= 11 is 0. The number of phosphoric acid groups is 1. The minimum atomic E-state index is -4.72. The molecular formula is C50H96NO10P. The first-order valence-electron chi connectivity index (χ1n) is 25.7. The van der Waals surface area contributed by atoms with Crippen molar-refractivity contribution in [2.45, 2.75) is 270 Å². The molecular weight excluding hydrogens is 806 g/mol. The lowest BCUT2D eigenvalue weighted by atomic mass is 10.0. The highest BCUT2D eigenvalue weighted by Gasteiger charge is 2.28. The first-order chi connectivity index (χ1) is 30.1. The van der Waals surface area contributed by atoms with Gasteiger partial charge in [-0.3, -0.25) is 23.4 Å². The summed E-state index contributed by atoms with van der Waals surface area (Å²) in [7, 11) is -4.72. The van der Waals surface area contributed by atoms with Crippen LogP contribution in [0.1, 0.15) is 258 Å². The zero-order chi connectivity index (χ0) is 45.6. The van der Waals surface area contributed by atoms with Gasteiger partial charge in [-0.2, -0.15) is 0 Å². The van der Waals surface area contributed by atoms with Gasteiger partial charge in [-0.25, -0.2) is 4.57 Å². The van der Waals surface area contributed by atoms with E-state index in [1.54, 1.807) is 0 Å². The third-order valence-corrected chi connectivity index (χ3v) is 12.5. The fraction of sp³-hybridized carbons (Fsp3) is 0.900. The highest BCUT2D eigenvalue weighted by molar-refractivity contribution is 7.47. The van der Waals surface area contributed by atoms with Gasteiger partial charge in [-0.05, 0) is 38.5 Å².